The lowest BCUT2D eigenvalue weighted by atomic mass is 9.68. The molecule has 0 aromatic carbocycles. The van der Waals surface area contributed by atoms with E-state index in [0.717, 1.165) is 12.8 Å². The summed E-state index contributed by atoms with van der Waals surface area (Å²) in [5.74, 6) is -1.18. The number of hydrogen-bond acceptors (Lipinski definition) is 2. The van der Waals surface area contributed by atoms with Gasteiger partial charge in [0, 0.05) is 6.92 Å². The third kappa shape index (κ3) is 2.70. The van der Waals surface area contributed by atoms with Crippen LogP contribution in [0.25, 0.3) is 0 Å². The molecule has 86 valence electrons. The second-order valence-corrected chi connectivity index (χ2v) is 5.26. The number of carbonyl (C=O) groups is 2. The Kier molecular flexibility index (Phi) is 3.07. The molecule has 15 heavy (non-hydrogen) atoms. The van der Waals surface area contributed by atoms with Gasteiger partial charge < -0.3 is 10.4 Å². The fraction of sp³-hybridized carbons (Fsp3) is 0.818. The van der Waals surface area contributed by atoms with Crippen molar-refractivity contribution in [2.45, 2.75) is 52.0 Å². The van der Waals surface area contributed by atoms with Crippen molar-refractivity contribution >= 4 is 11.9 Å². The highest BCUT2D eigenvalue weighted by Gasteiger charge is 2.46. The molecular weight excluding hydrogens is 194 g/mol. The summed E-state index contributed by atoms with van der Waals surface area (Å²) < 4.78 is 0. The normalized spacial score (nSPS) is 29.5. The third-order valence-corrected chi connectivity index (χ3v) is 3.06. The number of amides is 1. The maximum atomic E-state index is 11.3. The monoisotopic (exact) mass is 213 g/mol. The van der Waals surface area contributed by atoms with Crippen molar-refractivity contribution in [3.8, 4) is 0 Å². The average Bonchev–Trinajstić information content (AvgIpc) is 1.99. The Hall–Kier alpha value is -1.06. The Morgan fingerprint density at radius 1 is 1.27 bits per heavy atom. The van der Waals surface area contributed by atoms with E-state index < -0.39 is 11.5 Å². The number of hydrogen-bond donors (Lipinski definition) is 2. The molecule has 1 unspecified atom stereocenters. The van der Waals surface area contributed by atoms with E-state index >= 15 is 0 Å². The van der Waals surface area contributed by atoms with Gasteiger partial charge in [-0.15, -0.1) is 0 Å². The van der Waals surface area contributed by atoms with Crippen LogP contribution in [0.3, 0.4) is 0 Å². The highest BCUT2D eigenvalue weighted by molar-refractivity contribution is 5.86. The van der Waals surface area contributed by atoms with Gasteiger partial charge in [-0.25, -0.2) is 4.79 Å². The molecule has 0 radical (unpaired) electrons. The number of rotatable bonds is 2. The molecule has 4 nitrogen and oxygen atoms in total. The van der Waals surface area contributed by atoms with Gasteiger partial charge in [0.25, 0.3) is 0 Å². The van der Waals surface area contributed by atoms with Crippen LogP contribution >= 0.6 is 0 Å². The number of nitrogens with one attached hydrogen (secondary N) is 1. The van der Waals surface area contributed by atoms with E-state index in [-0.39, 0.29) is 11.3 Å². The molecule has 0 aromatic rings. The van der Waals surface area contributed by atoms with Gasteiger partial charge in [-0.3, -0.25) is 4.79 Å². The van der Waals surface area contributed by atoms with Crippen molar-refractivity contribution in [2.75, 3.05) is 0 Å². The fourth-order valence-corrected chi connectivity index (χ4v) is 2.54. The summed E-state index contributed by atoms with van der Waals surface area (Å²) in [6, 6.07) is 0. The standard InChI is InChI=1S/C11H19NO3/c1-8(13)12-11(9(14)15)6-4-5-10(2,3)7-11/h4-7H2,1-3H3,(H,12,13)(H,14,15). The average molecular weight is 213 g/mol. The molecule has 0 spiro atoms. The summed E-state index contributed by atoms with van der Waals surface area (Å²) in [6.45, 7) is 5.46. The van der Waals surface area contributed by atoms with E-state index in [0.29, 0.717) is 12.8 Å². The van der Waals surface area contributed by atoms with Crippen LogP contribution in [-0.2, 0) is 9.59 Å². The van der Waals surface area contributed by atoms with Crippen LogP contribution in [0.2, 0.25) is 0 Å². The summed E-state index contributed by atoms with van der Waals surface area (Å²) in [6.07, 6.45) is 2.90. The molecular formula is C11H19NO3. The van der Waals surface area contributed by atoms with Crippen molar-refractivity contribution in [3.05, 3.63) is 0 Å². The molecule has 4 heteroatoms. The highest BCUT2D eigenvalue weighted by Crippen LogP contribution is 2.41. The van der Waals surface area contributed by atoms with Crippen molar-refractivity contribution in [1.29, 1.82) is 0 Å². The van der Waals surface area contributed by atoms with Gasteiger partial charge >= 0.3 is 5.97 Å². The lowest BCUT2D eigenvalue weighted by Gasteiger charge is -2.42. The molecule has 1 saturated carbocycles. The van der Waals surface area contributed by atoms with Crippen molar-refractivity contribution in [1.82, 2.24) is 5.32 Å². The number of carboxylic acid groups (broad SMARTS) is 1. The minimum atomic E-state index is -1.05. The highest BCUT2D eigenvalue weighted by atomic mass is 16.4. The largest absolute Gasteiger partial charge is 0.480 e. The first-order chi connectivity index (χ1) is 6.77. The van der Waals surface area contributed by atoms with E-state index in [1.54, 1.807) is 0 Å². The molecule has 0 aliphatic heterocycles. The predicted molar refractivity (Wildman–Crippen MR) is 56.4 cm³/mol. The van der Waals surface area contributed by atoms with Gasteiger partial charge in [0.15, 0.2) is 0 Å². The molecule has 0 saturated heterocycles. The van der Waals surface area contributed by atoms with Gasteiger partial charge in [0.2, 0.25) is 5.91 Å². The summed E-state index contributed by atoms with van der Waals surface area (Å²) in [5, 5.41) is 11.9. The first-order valence-electron chi connectivity index (χ1n) is 5.30. The molecule has 1 atom stereocenters. The van der Waals surface area contributed by atoms with E-state index in [9.17, 15) is 14.7 Å². The maximum absolute atomic E-state index is 11.3. The molecule has 1 aliphatic rings. The Morgan fingerprint density at radius 3 is 2.27 bits per heavy atom. The summed E-state index contributed by atoms with van der Waals surface area (Å²) in [7, 11) is 0. The van der Waals surface area contributed by atoms with Gasteiger partial charge in [0.1, 0.15) is 5.54 Å². The van der Waals surface area contributed by atoms with E-state index in [1.165, 1.54) is 6.92 Å². The van der Waals surface area contributed by atoms with Crippen LogP contribution in [-0.4, -0.2) is 22.5 Å². The number of carbonyl (C=O) groups excluding carboxylic acids is 1. The van der Waals surface area contributed by atoms with Gasteiger partial charge in [-0.05, 0) is 31.1 Å². The van der Waals surface area contributed by atoms with Crippen molar-refractivity contribution in [2.24, 2.45) is 5.41 Å². The van der Waals surface area contributed by atoms with Gasteiger partial charge in [-0.1, -0.05) is 13.8 Å². The molecule has 2 N–H and O–H groups in total. The molecule has 0 heterocycles. The van der Waals surface area contributed by atoms with E-state index in [4.69, 9.17) is 0 Å². The number of carboxylic acids is 1. The van der Waals surface area contributed by atoms with Gasteiger partial charge in [0.05, 0.1) is 0 Å². The molecule has 1 amide bonds. The second kappa shape index (κ2) is 3.83. The van der Waals surface area contributed by atoms with Crippen molar-refractivity contribution < 1.29 is 14.7 Å². The van der Waals surface area contributed by atoms with Crippen LogP contribution in [0.4, 0.5) is 0 Å². The van der Waals surface area contributed by atoms with Crippen LogP contribution in [0.5, 0.6) is 0 Å². The smallest absolute Gasteiger partial charge is 0.329 e. The Labute approximate surface area is 90.0 Å². The van der Waals surface area contributed by atoms with Crippen LogP contribution < -0.4 is 5.32 Å². The van der Waals surface area contributed by atoms with Crippen LogP contribution in [0.15, 0.2) is 0 Å². The molecule has 1 rings (SSSR count). The van der Waals surface area contributed by atoms with Crippen LogP contribution in [0, 0.1) is 5.41 Å². The minimum absolute atomic E-state index is 0.0148. The first kappa shape index (κ1) is 12.0. The quantitative estimate of drug-likeness (QED) is 0.731. The van der Waals surface area contributed by atoms with E-state index in [2.05, 4.69) is 5.32 Å². The number of aliphatic carboxylic acids is 1. The maximum Gasteiger partial charge on any atom is 0.329 e. The Balaban J connectivity index is 2.90. The first-order valence-corrected chi connectivity index (χ1v) is 5.30. The van der Waals surface area contributed by atoms with Crippen LogP contribution in [0.1, 0.15) is 46.5 Å². The van der Waals surface area contributed by atoms with Gasteiger partial charge in [-0.2, -0.15) is 0 Å². The predicted octanol–water partition coefficient (Wildman–Crippen LogP) is 1.55. The second-order valence-electron chi connectivity index (χ2n) is 5.26. The molecule has 0 bridgehead atoms. The zero-order chi connectivity index (χ0) is 11.7. The lowest BCUT2D eigenvalue weighted by Crippen LogP contribution is -2.57. The Bertz CT molecular complexity index is 286. The zero-order valence-corrected chi connectivity index (χ0v) is 9.59. The summed E-state index contributed by atoms with van der Waals surface area (Å²) >= 11 is 0. The molecule has 1 fully saturated rings. The fourth-order valence-electron chi connectivity index (χ4n) is 2.54. The zero-order valence-electron chi connectivity index (χ0n) is 9.59. The summed E-state index contributed by atoms with van der Waals surface area (Å²) in [5.41, 5.74) is -1.06. The Morgan fingerprint density at radius 2 is 1.87 bits per heavy atom. The third-order valence-electron chi connectivity index (χ3n) is 3.06. The topological polar surface area (TPSA) is 66.4 Å². The SMILES string of the molecule is CC(=O)NC1(C(=O)O)CCCC(C)(C)C1. The summed E-state index contributed by atoms with van der Waals surface area (Å²) in [4.78, 5) is 22.3. The molecule has 0 aromatic heterocycles. The molecule has 1 aliphatic carbocycles. The van der Waals surface area contributed by atoms with Crippen molar-refractivity contribution in [3.63, 3.8) is 0 Å². The minimum Gasteiger partial charge on any atom is -0.480 e. The van der Waals surface area contributed by atoms with E-state index in [1.807, 2.05) is 13.8 Å². The lowest BCUT2D eigenvalue weighted by molar-refractivity contribution is -0.151.